The standard InChI is InChI=1S/C20H22N4O3/c1-13-15(11-21-22(13)2)19(26)23-9-8-20-17(23)10-18(25)24(20)12-16(27-20)14-6-4-3-5-7-14/h3-7,11,16-17H,8-10,12H2,1-2H3/t16-,17-,20+/m1/s1. The summed E-state index contributed by atoms with van der Waals surface area (Å²) in [6.45, 7) is 3.02. The Kier molecular flexibility index (Phi) is 3.46. The highest BCUT2D eigenvalue weighted by molar-refractivity contribution is 5.96. The van der Waals surface area contributed by atoms with Crippen molar-refractivity contribution in [1.82, 2.24) is 19.6 Å². The number of nitrogens with zero attached hydrogens (tertiary/aromatic N) is 4. The molecule has 3 aliphatic heterocycles. The van der Waals surface area contributed by atoms with Gasteiger partial charge in [0.25, 0.3) is 5.91 Å². The molecule has 1 aromatic carbocycles. The van der Waals surface area contributed by atoms with Crippen LogP contribution in [0.1, 0.15) is 40.6 Å². The van der Waals surface area contributed by atoms with Crippen molar-refractivity contribution in [3.8, 4) is 0 Å². The number of hydrogen-bond donors (Lipinski definition) is 0. The molecule has 0 bridgehead atoms. The lowest BCUT2D eigenvalue weighted by Crippen LogP contribution is -2.48. The summed E-state index contributed by atoms with van der Waals surface area (Å²) < 4.78 is 8.19. The van der Waals surface area contributed by atoms with Gasteiger partial charge in [0.05, 0.1) is 30.8 Å². The van der Waals surface area contributed by atoms with Crippen LogP contribution >= 0.6 is 0 Å². The second kappa shape index (κ2) is 5.66. The normalized spacial score (nSPS) is 29.3. The number of rotatable bonds is 2. The van der Waals surface area contributed by atoms with E-state index in [9.17, 15) is 9.59 Å². The topological polar surface area (TPSA) is 67.7 Å². The monoisotopic (exact) mass is 366 g/mol. The van der Waals surface area contributed by atoms with E-state index < -0.39 is 5.72 Å². The quantitative estimate of drug-likeness (QED) is 0.810. The molecule has 3 saturated heterocycles. The summed E-state index contributed by atoms with van der Waals surface area (Å²) in [6, 6.07) is 9.74. The summed E-state index contributed by atoms with van der Waals surface area (Å²) in [7, 11) is 1.82. The zero-order valence-corrected chi connectivity index (χ0v) is 15.5. The van der Waals surface area contributed by atoms with Crippen molar-refractivity contribution in [3.63, 3.8) is 0 Å². The maximum absolute atomic E-state index is 13.2. The molecular weight excluding hydrogens is 344 g/mol. The number of carbonyl (C=O) groups excluding carboxylic acids is 2. The third-order valence-electron chi connectivity index (χ3n) is 6.33. The van der Waals surface area contributed by atoms with Gasteiger partial charge in [-0.05, 0) is 12.5 Å². The highest BCUT2D eigenvalue weighted by Gasteiger charge is 2.65. The molecule has 3 fully saturated rings. The zero-order chi connectivity index (χ0) is 18.8. The summed E-state index contributed by atoms with van der Waals surface area (Å²) >= 11 is 0. The highest BCUT2D eigenvalue weighted by atomic mass is 16.5. The zero-order valence-electron chi connectivity index (χ0n) is 15.5. The van der Waals surface area contributed by atoms with Crippen LogP contribution in [-0.2, 0) is 16.6 Å². The van der Waals surface area contributed by atoms with E-state index in [1.54, 1.807) is 10.9 Å². The SMILES string of the molecule is Cc1c(C(=O)N2CC[C@@]34O[C@@H](c5ccccc5)CN3C(=O)C[C@@H]24)cnn1C. The fourth-order valence-corrected chi connectivity index (χ4v) is 4.77. The minimum Gasteiger partial charge on any atom is -0.343 e. The number of amides is 2. The number of carbonyl (C=O) groups is 2. The van der Waals surface area contributed by atoms with Gasteiger partial charge in [0.1, 0.15) is 6.10 Å². The second-order valence-corrected chi connectivity index (χ2v) is 7.60. The maximum Gasteiger partial charge on any atom is 0.257 e. The molecule has 140 valence electrons. The fraction of sp³-hybridized carbons (Fsp3) is 0.450. The number of aryl methyl sites for hydroxylation is 1. The van der Waals surface area contributed by atoms with Crippen LogP contribution in [0.3, 0.4) is 0 Å². The molecule has 3 aliphatic rings. The molecule has 0 unspecified atom stereocenters. The second-order valence-electron chi connectivity index (χ2n) is 7.60. The van der Waals surface area contributed by atoms with Gasteiger partial charge in [-0.2, -0.15) is 5.10 Å². The van der Waals surface area contributed by atoms with Crippen LogP contribution in [-0.4, -0.2) is 56.3 Å². The van der Waals surface area contributed by atoms with E-state index in [0.717, 1.165) is 11.3 Å². The molecule has 0 radical (unpaired) electrons. The van der Waals surface area contributed by atoms with Gasteiger partial charge < -0.3 is 14.5 Å². The van der Waals surface area contributed by atoms with Crippen molar-refractivity contribution in [2.75, 3.05) is 13.1 Å². The van der Waals surface area contributed by atoms with Crippen molar-refractivity contribution < 1.29 is 14.3 Å². The molecule has 2 amide bonds. The van der Waals surface area contributed by atoms with Gasteiger partial charge in [0.2, 0.25) is 5.91 Å². The number of benzene rings is 1. The van der Waals surface area contributed by atoms with Crippen LogP contribution in [0.15, 0.2) is 36.5 Å². The molecule has 4 heterocycles. The van der Waals surface area contributed by atoms with Gasteiger partial charge in [-0.15, -0.1) is 0 Å². The number of hydrogen-bond acceptors (Lipinski definition) is 4. The smallest absolute Gasteiger partial charge is 0.257 e. The van der Waals surface area contributed by atoms with E-state index in [1.807, 2.05) is 54.1 Å². The van der Waals surface area contributed by atoms with Gasteiger partial charge >= 0.3 is 0 Å². The molecule has 0 saturated carbocycles. The Bertz CT molecular complexity index is 925. The Morgan fingerprint density at radius 3 is 2.78 bits per heavy atom. The van der Waals surface area contributed by atoms with Crippen LogP contribution in [0.4, 0.5) is 0 Å². The molecule has 1 spiro atoms. The Morgan fingerprint density at radius 2 is 2.07 bits per heavy atom. The van der Waals surface area contributed by atoms with E-state index in [0.29, 0.717) is 31.5 Å². The molecule has 7 nitrogen and oxygen atoms in total. The van der Waals surface area contributed by atoms with E-state index in [-0.39, 0.29) is 24.0 Å². The largest absolute Gasteiger partial charge is 0.343 e. The first-order chi connectivity index (χ1) is 13.0. The number of ether oxygens (including phenoxy) is 1. The predicted molar refractivity (Wildman–Crippen MR) is 96.7 cm³/mol. The third-order valence-corrected chi connectivity index (χ3v) is 6.33. The lowest BCUT2D eigenvalue weighted by atomic mass is 10.1. The Labute approximate surface area is 157 Å². The van der Waals surface area contributed by atoms with Crippen molar-refractivity contribution in [3.05, 3.63) is 53.3 Å². The first kappa shape index (κ1) is 16.5. The Balaban J connectivity index is 1.46. The van der Waals surface area contributed by atoms with Gasteiger partial charge in [-0.3, -0.25) is 14.3 Å². The first-order valence-electron chi connectivity index (χ1n) is 9.34. The number of aromatic nitrogens is 2. The average molecular weight is 366 g/mol. The highest BCUT2D eigenvalue weighted by Crippen LogP contribution is 2.50. The first-order valence-corrected chi connectivity index (χ1v) is 9.34. The number of likely N-dealkylation sites (tertiary alicyclic amines) is 1. The van der Waals surface area contributed by atoms with Crippen molar-refractivity contribution in [2.45, 2.75) is 37.6 Å². The maximum atomic E-state index is 13.2. The third kappa shape index (κ3) is 2.21. The lowest BCUT2D eigenvalue weighted by Gasteiger charge is -2.32. The summed E-state index contributed by atoms with van der Waals surface area (Å²) in [6.07, 6.45) is 2.44. The summed E-state index contributed by atoms with van der Waals surface area (Å²) in [5.41, 5.74) is 1.80. The average Bonchev–Trinajstić information content (AvgIpc) is 3.38. The van der Waals surface area contributed by atoms with E-state index in [1.165, 1.54) is 0 Å². The molecule has 27 heavy (non-hydrogen) atoms. The summed E-state index contributed by atoms with van der Waals surface area (Å²) in [4.78, 5) is 29.5. The lowest BCUT2D eigenvalue weighted by molar-refractivity contribution is -0.138. The minimum atomic E-state index is -0.691. The fourth-order valence-electron chi connectivity index (χ4n) is 4.77. The molecule has 0 N–H and O–H groups in total. The van der Waals surface area contributed by atoms with E-state index >= 15 is 0 Å². The molecular formula is C20H22N4O3. The predicted octanol–water partition coefficient (Wildman–Crippen LogP) is 1.64. The van der Waals surface area contributed by atoms with Crippen LogP contribution in [0.2, 0.25) is 0 Å². The van der Waals surface area contributed by atoms with Gasteiger partial charge in [0, 0.05) is 25.7 Å². The summed E-state index contributed by atoms with van der Waals surface area (Å²) in [5, 5.41) is 4.19. The Hall–Kier alpha value is -2.67. The van der Waals surface area contributed by atoms with E-state index in [2.05, 4.69) is 5.10 Å². The summed E-state index contributed by atoms with van der Waals surface area (Å²) in [5.74, 6) is 0.00252. The van der Waals surface area contributed by atoms with Crippen LogP contribution in [0.25, 0.3) is 0 Å². The van der Waals surface area contributed by atoms with Crippen molar-refractivity contribution in [1.29, 1.82) is 0 Å². The van der Waals surface area contributed by atoms with Gasteiger partial charge in [0.15, 0.2) is 5.72 Å². The van der Waals surface area contributed by atoms with Gasteiger partial charge in [-0.25, -0.2) is 0 Å². The molecule has 5 rings (SSSR count). The van der Waals surface area contributed by atoms with E-state index in [4.69, 9.17) is 4.74 Å². The molecule has 2 aromatic rings. The van der Waals surface area contributed by atoms with Crippen molar-refractivity contribution in [2.24, 2.45) is 7.05 Å². The molecule has 3 atom stereocenters. The van der Waals surface area contributed by atoms with Crippen molar-refractivity contribution >= 4 is 11.8 Å². The minimum absolute atomic E-state index is 0.0658. The van der Waals surface area contributed by atoms with Crippen LogP contribution in [0.5, 0.6) is 0 Å². The molecule has 7 heteroatoms. The Morgan fingerprint density at radius 1 is 1.30 bits per heavy atom. The van der Waals surface area contributed by atoms with Gasteiger partial charge in [-0.1, -0.05) is 30.3 Å². The molecule has 1 aromatic heterocycles. The molecule has 0 aliphatic carbocycles. The van der Waals surface area contributed by atoms with Crippen LogP contribution < -0.4 is 0 Å². The van der Waals surface area contributed by atoms with Crippen LogP contribution in [0, 0.1) is 6.92 Å².